The summed E-state index contributed by atoms with van der Waals surface area (Å²) in [5, 5.41) is 12.1. The quantitative estimate of drug-likeness (QED) is 0.893. The van der Waals surface area contributed by atoms with E-state index in [2.05, 4.69) is 5.32 Å². The molecule has 5 heteroatoms. The molecule has 20 heavy (non-hydrogen) atoms. The first-order valence-corrected chi connectivity index (χ1v) is 6.74. The molecular weight excluding hydrogens is 261 g/mol. The van der Waals surface area contributed by atoms with Crippen molar-refractivity contribution in [2.75, 3.05) is 0 Å². The lowest BCUT2D eigenvalue weighted by Crippen LogP contribution is -2.56. The van der Waals surface area contributed by atoms with Gasteiger partial charge in [0.15, 0.2) is 0 Å². The lowest BCUT2D eigenvalue weighted by Gasteiger charge is -2.37. The number of benzene rings is 1. The molecule has 0 aromatic heterocycles. The zero-order valence-electron chi connectivity index (χ0n) is 11.4. The zero-order valence-corrected chi connectivity index (χ0v) is 11.4. The summed E-state index contributed by atoms with van der Waals surface area (Å²) < 4.78 is 13.1. The molecule has 2 rings (SSSR count). The molecule has 0 heterocycles. The summed E-state index contributed by atoms with van der Waals surface area (Å²) in [6.45, 7) is 1.98. The van der Waals surface area contributed by atoms with Crippen LogP contribution in [0.4, 0.5) is 4.39 Å². The van der Waals surface area contributed by atoms with Crippen LogP contribution in [-0.4, -0.2) is 22.5 Å². The average molecular weight is 279 g/mol. The van der Waals surface area contributed by atoms with Crippen molar-refractivity contribution in [1.82, 2.24) is 5.32 Å². The Morgan fingerprint density at radius 3 is 2.80 bits per heavy atom. The fourth-order valence-corrected chi connectivity index (χ4v) is 2.83. The summed E-state index contributed by atoms with van der Waals surface area (Å²) in [6.07, 6.45) is 2.54. The summed E-state index contributed by atoms with van der Waals surface area (Å²) in [4.78, 5) is 23.7. The van der Waals surface area contributed by atoms with Crippen molar-refractivity contribution < 1.29 is 19.1 Å². The molecule has 1 aromatic carbocycles. The summed E-state index contributed by atoms with van der Waals surface area (Å²) in [6, 6.07) is 5.25. The second-order valence-electron chi connectivity index (χ2n) is 5.55. The van der Waals surface area contributed by atoms with Crippen molar-refractivity contribution in [3.05, 3.63) is 35.6 Å². The fraction of sp³-hybridized carbons (Fsp3) is 0.467. The Balaban J connectivity index is 2.20. The third kappa shape index (κ3) is 2.98. The molecule has 2 unspecified atom stereocenters. The Morgan fingerprint density at radius 2 is 2.20 bits per heavy atom. The molecule has 1 aliphatic carbocycles. The van der Waals surface area contributed by atoms with Crippen LogP contribution in [0.3, 0.4) is 0 Å². The van der Waals surface area contributed by atoms with Crippen molar-refractivity contribution >= 4 is 11.9 Å². The number of hydrogen-bond donors (Lipinski definition) is 2. The SMILES string of the molecule is CC1CCCC(NC(=O)c2cccc(F)c2)(C(=O)O)C1. The zero-order chi connectivity index (χ0) is 14.8. The molecule has 0 spiro atoms. The second-order valence-corrected chi connectivity index (χ2v) is 5.55. The van der Waals surface area contributed by atoms with Gasteiger partial charge in [0, 0.05) is 5.56 Å². The van der Waals surface area contributed by atoms with Gasteiger partial charge in [-0.1, -0.05) is 25.8 Å². The van der Waals surface area contributed by atoms with Gasteiger partial charge in [-0.3, -0.25) is 4.79 Å². The van der Waals surface area contributed by atoms with Gasteiger partial charge in [0.05, 0.1) is 0 Å². The van der Waals surface area contributed by atoms with Crippen LogP contribution in [0.2, 0.25) is 0 Å². The topological polar surface area (TPSA) is 66.4 Å². The fourth-order valence-electron chi connectivity index (χ4n) is 2.83. The van der Waals surface area contributed by atoms with Crippen molar-refractivity contribution in [3.8, 4) is 0 Å². The molecule has 2 atom stereocenters. The van der Waals surface area contributed by atoms with Gasteiger partial charge < -0.3 is 10.4 Å². The highest BCUT2D eigenvalue weighted by Gasteiger charge is 2.43. The highest BCUT2D eigenvalue weighted by Crippen LogP contribution is 2.32. The number of carbonyl (C=O) groups is 2. The van der Waals surface area contributed by atoms with Gasteiger partial charge in [0.2, 0.25) is 0 Å². The normalized spacial score (nSPS) is 26.0. The molecule has 1 fully saturated rings. The Kier molecular flexibility index (Phi) is 4.06. The van der Waals surface area contributed by atoms with Gasteiger partial charge in [-0.15, -0.1) is 0 Å². The standard InChI is InChI=1S/C15H18FNO3/c1-10-4-3-7-15(9-10,14(19)20)17-13(18)11-5-2-6-12(16)8-11/h2,5-6,8,10H,3-4,7,9H2,1H3,(H,17,18)(H,19,20). The minimum Gasteiger partial charge on any atom is -0.480 e. The smallest absolute Gasteiger partial charge is 0.329 e. The van der Waals surface area contributed by atoms with Gasteiger partial charge in [0.1, 0.15) is 11.4 Å². The van der Waals surface area contributed by atoms with E-state index in [1.807, 2.05) is 6.92 Å². The predicted octanol–water partition coefficient (Wildman–Crippen LogP) is 2.59. The highest BCUT2D eigenvalue weighted by molar-refractivity contribution is 5.97. The number of nitrogens with one attached hydrogen (secondary N) is 1. The maximum atomic E-state index is 13.1. The lowest BCUT2D eigenvalue weighted by atomic mass is 9.76. The van der Waals surface area contributed by atoms with Crippen molar-refractivity contribution in [2.45, 2.75) is 38.1 Å². The minimum atomic E-state index is -1.24. The molecule has 1 aromatic rings. The van der Waals surface area contributed by atoms with Crippen molar-refractivity contribution in [2.24, 2.45) is 5.92 Å². The Hall–Kier alpha value is -1.91. The van der Waals surface area contributed by atoms with Gasteiger partial charge in [-0.2, -0.15) is 0 Å². The van der Waals surface area contributed by atoms with Gasteiger partial charge in [-0.05, 0) is 37.0 Å². The molecule has 4 nitrogen and oxygen atoms in total. The minimum absolute atomic E-state index is 0.142. The first-order valence-electron chi connectivity index (χ1n) is 6.74. The number of aliphatic carboxylic acids is 1. The average Bonchev–Trinajstić information content (AvgIpc) is 2.38. The Bertz CT molecular complexity index is 532. The van der Waals surface area contributed by atoms with Crippen LogP contribution in [0, 0.1) is 11.7 Å². The van der Waals surface area contributed by atoms with E-state index < -0.39 is 23.2 Å². The number of carboxylic acids is 1. The monoisotopic (exact) mass is 279 g/mol. The second kappa shape index (κ2) is 5.61. The van der Waals surface area contributed by atoms with Gasteiger partial charge in [0.25, 0.3) is 5.91 Å². The molecule has 1 amide bonds. The number of carboxylic acid groups (broad SMARTS) is 1. The number of hydrogen-bond acceptors (Lipinski definition) is 2. The summed E-state index contributed by atoms with van der Waals surface area (Å²) >= 11 is 0. The van der Waals surface area contributed by atoms with E-state index in [4.69, 9.17) is 0 Å². The largest absolute Gasteiger partial charge is 0.480 e. The third-order valence-electron chi connectivity index (χ3n) is 3.85. The van der Waals surface area contributed by atoms with Crippen molar-refractivity contribution in [1.29, 1.82) is 0 Å². The Morgan fingerprint density at radius 1 is 1.45 bits per heavy atom. The van der Waals surface area contributed by atoms with Crippen LogP contribution in [0.5, 0.6) is 0 Å². The van der Waals surface area contributed by atoms with Gasteiger partial charge >= 0.3 is 5.97 Å². The van der Waals surface area contributed by atoms with Crippen LogP contribution < -0.4 is 5.32 Å². The number of halogens is 1. The molecule has 2 N–H and O–H groups in total. The van der Waals surface area contributed by atoms with E-state index in [1.54, 1.807) is 0 Å². The molecule has 108 valence electrons. The van der Waals surface area contributed by atoms with E-state index >= 15 is 0 Å². The van der Waals surface area contributed by atoms with Crippen LogP contribution in [0.25, 0.3) is 0 Å². The molecule has 1 aliphatic rings. The third-order valence-corrected chi connectivity index (χ3v) is 3.85. The van der Waals surface area contributed by atoms with E-state index in [1.165, 1.54) is 18.2 Å². The molecular formula is C15H18FNO3. The van der Waals surface area contributed by atoms with Crippen LogP contribution in [0.15, 0.2) is 24.3 Å². The Labute approximate surface area is 117 Å². The summed E-state index contributed by atoms with van der Waals surface area (Å²) in [7, 11) is 0. The molecule has 0 saturated heterocycles. The maximum Gasteiger partial charge on any atom is 0.329 e. The van der Waals surface area contributed by atoms with Crippen molar-refractivity contribution in [3.63, 3.8) is 0 Å². The van der Waals surface area contributed by atoms with Crippen LogP contribution in [0.1, 0.15) is 43.0 Å². The molecule has 1 saturated carbocycles. The molecule has 0 bridgehead atoms. The van der Waals surface area contributed by atoms with E-state index in [0.717, 1.165) is 18.9 Å². The number of rotatable bonds is 3. The number of carbonyl (C=O) groups excluding carboxylic acids is 1. The molecule has 0 radical (unpaired) electrons. The summed E-state index contributed by atoms with van der Waals surface area (Å²) in [5.41, 5.74) is -1.09. The molecule has 0 aliphatic heterocycles. The first kappa shape index (κ1) is 14.5. The lowest BCUT2D eigenvalue weighted by molar-refractivity contribution is -0.146. The van der Waals surface area contributed by atoms with E-state index in [9.17, 15) is 19.1 Å². The number of amides is 1. The van der Waals surface area contributed by atoms with Crippen LogP contribution >= 0.6 is 0 Å². The first-order chi connectivity index (χ1) is 9.43. The summed E-state index contributed by atoms with van der Waals surface area (Å²) in [5.74, 6) is -1.83. The van der Waals surface area contributed by atoms with Gasteiger partial charge in [-0.25, -0.2) is 9.18 Å². The van der Waals surface area contributed by atoms with E-state index in [0.29, 0.717) is 12.8 Å². The van der Waals surface area contributed by atoms with Crippen LogP contribution in [-0.2, 0) is 4.79 Å². The van der Waals surface area contributed by atoms with E-state index in [-0.39, 0.29) is 11.5 Å². The maximum absolute atomic E-state index is 13.1. The highest BCUT2D eigenvalue weighted by atomic mass is 19.1. The predicted molar refractivity (Wildman–Crippen MR) is 71.9 cm³/mol.